The Bertz CT molecular complexity index is 89.7. The average Bonchev–Trinajstić information content (AvgIpc) is 2.05. The smallest absolute Gasteiger partial charge is 0.150 e. The molecule has 1 aliphatic rings. The van der Waals surface area contributed by atoms with Crippen molar-refractivity contribution in [3.05, 3.63) is 0 Å². The summed E-state index contributed by atoms with van der Waals surface area (Å²) in [7, 11) is 3.76. The van der Waals surface area contributed by atoms with E-state index in [1.54, 1.807) is 0 Å². The van der Waals surface area contributed by atoms with Crippen LogP contribution in [0.1, 0.15) is 6.42 Å². The minimum atomic E-state index is 0.131. The van der Waals surface area contributed by atoms with Gasteiger partial charge in [-0.15, -0.1) is 0 Å². The molecule has 0 aromatic rings. The van der Waals surface area contributed by atoms with Crippen molar-refractivity contribution in [1.82, 2.24) is 10.6 Å². The third-order valence-corrected chi connectivity index (χ3v) is 1.61. The van der Waals surface area contributed by atoms with E-state index in [1.165, 1.54) is 0 Å². The molecular weight excluding hydrogens is 132 g/mol. The van der Waals surface area contributed by atoms with Crippen LogP contribution in [-0.2, 0) is 9.47 Å². The molecule has 60 valence electrons. The van der Waals surface area contributed by atoms with Crippen LogP contribution in [0, 0.1) is 0 Å². The van der Waals surface area contributed by atoms with Crippen molar-refractivity contribution < 1.29 is 9.47 Å². The van der Waals surface area contributed by atoms with Gasteiger partial charge in [-0.05, 0) is 14.1 Å². The SMILES string of the molecule is CNC1CC(NC)OCO1. The highest BCUT2D eigenvalue weighted by atomic mass is 16.7. The predicted molar refractivity (Wildman–Crippen MR) is 37.3 cm³/mol. The Balaban J connectivity index is 2.25. The van der Waals surface area contributed by atoms with Gasteiger partial charge in [-0.2, -0.15) is 0 Å². The molecular formula is C6H14N2O2. The van der Waals surface area contributed by atoms with Gasteiger partial charge in [0.25, 0.3) is 0 Å². The highest BCUT2D eigenvalue weighted by Gasteiger charge is 2.19. The third kappa shape index (κ3) is 1.91. The number of hydrogen-bond donors (Lipinski definition) is 2. The lowest BCUT2D eigenvalue weighted by molar-refractivity contribution is -0.188. The van der Waals surface area contributed by atoms with Gasteiger partial charge in [-0.3, -0.25) is 10.6 Å². The Morgan fingerprint density at radius 3 is 2.00 bits per heavy atom. The predicted octanol–water partition coefficient (Wildman–Crippen LogP) is -0.528. The van der Waals surface area contributed by atoms with Gasteiger partial charge in [-0.1, -0.05) is 0 Å². The van der Waals surface area contributed by atoms with Crippen molar-refractivity contribution in [1.29, 1.82) is 0 Å². The van der Waals surface area contributed by atoms with Gasteiger partial charge in [0, 0.05) is 6.42 Å². The highest BCUT2D eigenvalue weighted by Crippen LogP contribution is 2.07. The van der Waals surface area contributed by atoms with E-state index in [2.05, 4.69) is 10.6 Å². The zero-order valence-electron chi connectivity index (χ0n) is 6.39. The molecule has 1 saturated heterocycles. The van der Waals surface area contributed by atoms with Gasteiger partial charge in [0.15, 0.2) is 6.79 Å². The summed E-state index contributed by atoms with van der Waals surface area (Å²) in [5.74, 6) is 0. The van der Waals surface area contributed by atoms with Crippen LogP contribution >= 0.6 is 0 Å². The Morgan fingerprint density at radius 1 is 1.10 bits per heavy atom. The van der Waals surface area contributed by atoms with E-state index < -0.39 is 0 Å². The summed E-state index contributed by atoms with van der Waals surface area (Å²) < 4.78 is 10.4. The van der Waals surface area contributed by atoms with Gasteiger partial charge < -0.3 is 9.47 Å². The molecule has 2 unspecified atom stereocenters. The minimum absolute atomic E-state index is 0.131. The molecule has 2 atom stereocenters. The maximum Gasteiger partial charge on any atom is 0.150 e. The molecule has 0 aromatic carbocycles. The van der Waals surface area contributed by atoms with Gasteiger partial charge in [0.05, 0.1) is 0 Å². The second-order valence-corrected chi connectivity index (χ2v) is 2.24. The van der Waals surface area contributed by atoms with Crippen LogP contribution in [0.5, 0.6) is 0 Å². The molecule has 0 radical (unpaired) electrons. The van der Waals surface area contributed by atoms with Gasteiger partial charge in [0.2, 0.25) is 0 Å². The number of ether oxygens (including phenoxy) is 2. The lowest BCUT2D eigenvalue weighted by Gasteiger charge is -2.28. The van der Waals surface area contributed by atoms with Crippen molar-refractivity contribution in [3.8, 4) is 0 Å². The molecule has 1 rings (SSSR count). The normalized spacial score (nSPS) is 34.2. The molecule has 1 heterocycles. The molecule has 0 amide bonds. The first-order valence-corrected chi connectivity index (χ1v) is 3.44. The Labute approximate surface area is 60.9 Å². The minimum Gasteiger partial charge on any atom is -0.337 e. The molecule has 1 aliphatic heterocycles. The number of hydrogen-bond acceptors (Lipinski definition) is 4. The summed E-state index contributed by atoms with van der Waals surface area (Å²) in [6.07, 6.45) is 1.12. The summed E-state index contributed by atoms with van der Waals surface area (Å²) in [5, 5.41) is 6.05. The van der Waals surface area contributed by atoms with Crippen LogP contribution in [0.3, 0.4) is 0 Å². The zero-order chi connectivity index (χ0) is 7.40. The summed E-state index contributed by atoms with van der Waals surface area (Å²) in [4.78, 5) is 0. The number of nitrogens with one attached hydrogen (secondary N) is 2. The van der Waals surface area contributed by atoms with Crippen molar-refractivity contribution in [2.75, 3.05) is 20.9 Å². The second kappa shape index (κ2) is 3.88. The molecule has 4 heteroatoms. The first-order valence-electron chi connectivity index (χ1n) is 3.44. The van der Waals surface area contributed by atoms with Gasteiger partial charge in [0.1, 0.15) is 12.5 Å². The maximum atomic E-state index is 5.19. The van der Waals surface area contributed by atoms with E-state index in [9.17, 15) is 0 Å². The fourth-order valence-electron chi connectivity index (χ4n) is 0.936. The van der Waals surface area contributed by atoms with Crippen molar-refractivity contribution in [3.63, 3.8) is 0 Å². The summed E-state index contributed by atoms with van der Waals surface area (Å²) >= 11 is 0. The molecule has 0 saturated carbocycles. The van der Waals surface area contributed by atoms with Crippen LogP contribution in [0.15, 0.2) is 0 Å². The maximum absolute atomic E-state index is 5.19. The molecule has 0 aromatic heterocycles. The average molecular weight is 146 g/mol. The molecule has 2 N–H and O–H groups in total. The quantitative estimate of drug-likeness (QED) is 0.549. The number of rotatable bonds is 2. The van der Waals surface area contributed by atoms with Crippen LogP contribution in [-0.4, -0.2) is 33.3 Å². The second-order valence-electron chi connectivity index (χ2n) is 2.24. The van der Waals surface area contributed by atoms with Crippen LogP contribution in [0.25, 0.3) is 0 Å². The lowest BCUT2D eigenvalue weighted by Crippen LogP contribution is -2.44. The summed E-state index contributed by atoms with van der Waals surface area (Å²) in [6.45, 7) is 0.372. The topological polar surface area (TPSA) is 42.5 Å². The fourth-order valence-corrected chi connectivity index (χ4v) is 0.936. The molecule has 0 bridgehead atoms. The van der Waals surface area contributed by atoms with Crippen molar-refractivity contribution >= 4 is 0 Å². The summed E-state index contributed by atoms with van der Waals surface area (Å²) in [6, 6.07) is 0. The summed E-state index contributed by atoms with van der Waals surface area (Å²) in [5.41, 5.74) is 0. The van der Waals surface area contributed by atoms with E-state index in [4.69, 9.17) is 9.47 Å². The first kappa shape index (κ1) is 7.94. The van der Waals surface area contributed by atoms with Crippen LogP contribution < -0.4 is 10.6 Å². The first-order chi connectivity index (χ1) is 4.86. The van der Waals surface area contributed by atoms with Crippen LogP contribution in [0.4, 0.5) is 0 Å². The van der Waals surface area contributed by atoms with E-state index in [0.717, 1.165) is 6.42 Å². The van der Waals surface area contributed by atoms with E-state index >= 15 is 0 Å². The Morgan fingerprint density at radius 2 is 1.60 bits per heavy atom. The van der Waals surface area contributed by atoms with E-state index in [0.29, 0.717) is 6.79 Å². The van der Waals surface area contributed by atoms with E-state index in [-0.39, 0.29) is 12.5 Å². The fraction of sp³-hybridized carbons (Fsp3) is 1.00. The van der Waals surface area contributed by atoms with Crippen LogP contribution in [0.2, 0.25) is 0 Å². The van der Waals surface area contributed by atoms with Crippen molar-refractivity contribution in [2.24, 2.45) is 0 Å². The van der Waals surface area contributed by atoms with Gasteiger partial charge >= 0.3 is 0 Å². The molecule has 1 fully saturated rings. The standard InChI is InChI=1S/C6H14N2O2/c1-7-5-3-6(8-2)10-4-9-5/h5-8H,3-4H2,1-2H3. The monoisotopic (exact) mass is 146 g/mol. The molecule has 0 aliphatic carbocycles. The molecule has 0 spiro atoms. The van der Waals surface area contributed by atoms with Gasteiger partial charge in [-0.25, -0.2) is 0 Å². The Kier molecular flexibility index (Phi) is 3.08. The largest absolute Gasteiger partial charge is 0.337 e. The lowest BCUT2D eigenvalue weighted by atomic mass is 10.3. The zero-order valence-corrected chi connectivity index (χ0v) is 6.39. The molecule has 10 heavy (non-hydrogen) atoms. The molecule has 4 nitrogen and oxygen atoms in total. The highest BCUT2D eigenvalue weighted by molar-refractivity contribution is 4.62. The van der Waals surface area contributed by atoms with E-state index in [1.807, 2.05) is 14.1 Å². The Hall–Kier alpha value is -0.160. The third-order valence-electron chi connectivity index (χ3n) is 1.61. The van der Waals surface area contributed by atoms with Crippen molar-refractivity contribution in [2.45, 2.75) is 18.9 Å².